The van der Waals surface area contributed by atoms with E-state index in [1.165, 1.54) is 0 Å². The molecule has 0 bridgehead atoms. The molecule has 5 nitrogen and oxygen atoms in total. The summed E-state index contributed by atoms with van der Waals surface area (Å²) in [7, 11) is -3.46. The zero-order valence-electron chi connectivity index (χ0n) is 10.3. The summed E-state index contributed by atoms with van der Waals surface area (Å²) in [4.78, 5) is 0. The van der Waals surface area contributed by atoms with Crippen LogP contribution in [-0.4, -0.2) is 28.2 Å². The summed E-state index contributed by atoms with van der Waals surface area (Å²) in [6, 6.07) is 7.27. The van der Waals surface area contributed by atoms with Gasteiger partial charge >= 0.3 is 0 Å². The highest BCUT2D eigenvalue weighted by molar-refractivity contribution is 7.88. The van der Waals surface area contributed by atoms with Gasteiger partial charge in [-0.05, 0) is 17.7 Å². The van der Waals surface area contributed by atoms with Crippen LogP contribution in [0.1, 0.15) is 12.5 Å². The van der Waals surface area contributed by atoms with Crippen LogP contribution < -0.4 is 10.5 Å². The summed E-state index contributed by atoms with van der Waals surface area (Å²) in [5, 5.41) is 8.31. The Kier molecular flexibility index (Phi) is 3.61. The lowest BCUT2D eigenvalue weighted by Crippen LogP contribution is -2.45. The van der Waals surface area contributed by atoms with Crippen LogP contribution in [0.2, 0.25) is 0 Å². The average molecular weight is 270 g/mol. The number of ether oxygens (including phenoxy) is 1. The van der Waals surface area contributed by atoms with Gasteiger partial charge in [0.05, 0.1) is 19.0 Å². The fraction of sp³-hybridized carbons (Fsp3) is 0.500. The molecule has 100 valence electrons. The zero-order chi connectivity index (χ0) is 13.2. The predicted molar refractivity (Wildman–Crippen MR) is 70.7 cm³/mol. The molecule has 0 spiro atoms. The molecular formula is C12H18N2O3S. The molecule has 1 aromatic rings. The number of nitrogens with one attached hydrogen (secondary N) is 1. The largest absolute Gasteiger partial charge is 0.384 e. The molecule has 1 aromatic carbocycles. The summed E-state index contributed by atoms with van der Waals surface area (Å²) in [6.07, 6.45) is 0. The Morgan fingerprint density at radius 2 is 1.94 bits per heavy atom. The van der Waals surface area contributed by atoms with Gasteiger partial charge in [-0.1, -0.05) is 19.1 Å². The minimum Gasteiger partial charge on any atom is -0.384 e. The fourth-order valence-corrected chi connectivity index (χ4v) is 2.48. The summed E-state index contributed by atoms with van der Waals surface area (Å²) in [5.74, 6) is -0.126. The van der Waals surface area contributed by atoms with Crippen molar-refractivity contribution in [2.24, 2.45) is 10.6 Å². The molecule has 18 heavy (non-hydrogen) atoms. The van der Waals surface area contributed by atoms with Crippen molar-refractivity contribution in [3.63, 3.8) is 0 Å². The van der Waals surface area contributed by atoms with Crippen molar-refractivity contribution in [1.29, 1.82) is 0 Å². The van der Waals surface area contributed by atoms with E-state index in [0.29, 0.717) is 5.56 Å². The van der Waals surface area contributed by atoms with Crippen molar-refractivity contribution in [2.45, 2.75) is 12.7 Å². The number of rotatable bonds is 5. The molecule has 0 aliphatic carbocycles. The second-order valence-electron chi connectivity index (χ2n) is 5.16. The topological polar surface area (TPSA) is 81.4 Å². The van der Waals surface area contributed by atoms with E-state index in [4.69, 9.17) is 9.88 Å². The lowest BCUT2D eigenvalue weighted by Gasteiger charge is -2.38. The molecule has 0 amide bonds. The third-order valence-electron chi connectivity index (χ3n) is 2.94. The van der Waals surface area contributed by atoms with E-state index in [2.05, 4.69) is 12.2 Å². The number of primary sulfonamides is 1. The van der Waals surface area contributed by atoms with E-state index in [1.807, 2.05) is 12.1 Å². The molecule has 1 saturated heterocycles. The van der Waals surface area contributed by atoms with Crippen molar-refractivity contribution >= 4 is 15.7 Å². The van der Waals surface area contributed by atoms with Crippen LogP contribution in [0.25, 0.3) is 0 Å². The first-order valence-electron chi connectivity index (χ1n) is 5.77. The van der Waals surface area contributed by atoms with Crippen LogP contribution in [0, 0.1) is 5.41 Å². The minimum absolute atomic E-state index is 0.126. The molecule has 2 rings (SSSR count). The molecule has 0 unspecified atom stereocenters. The van der Waals surface area contributed by atoms with Gasteiger partial charge in [0.15, 0.2) is 0 Å². The number of hydrogen-bond acceptors (Lipinski definition) is 4. The third-order valence-corrected chi connectivity index (χ3v) is 3.68. The Labute approximate surface area is 107 Å². The van der Waals surface area contributed by atoms with Crippen LogP contribution in [0.15, 0.2) is 24.3 Å². The van der Waals surface area contributed by atoms with Crippen molar-refractivity contribution < 1.29 is 13.2 Å². The van der Waals surface area contributed by atoms with Crippen molar-refractivity contribution in [3.8, 4) is 0 Å². The highest BCUT2D eigenvalue weighted by Crippen LogP contribution is 2.26. The Bertz CT molecular complexity index is 507. The van der Waals surface area contributed by atoms with Gasteiger partial charge < -0.3 is 10.1 Å². The smallest absolute Gasteiger partial charge is 0.213 e. The van der Waals surface area contributed by atoms with Gasteiger partial charge in [-0.15, -0.1) is 0 Å². The third kappa shape index (κ3) is 3.69. The van der Waals surface area contributed by atoms with Gasteiger partial charge in [0, 0.05) is 17.6 Å². The first-order valence-corrected chi connectivity index (χ1v) is 7.49. The van der Waals surface area contributed by atoms with E-state index in [0.717, 1.165) is 25.4 Å². The molecule has 1 fully saturated rings. The van der Waals surface area contributed by atoms with Crippen LogP contribution in [0.3, 0.4) is 0 Å². The molecule has 3 N–H and O–H groups in total. The molecular weight excluding hydrogens is 252 g/mol. The maximum atomic E-state index is 10.9. The summed E-state index contributed by atoms with van der Waals surface area (Å²) in [5.41, 5.74) is 1.88. The quantitative estimate of drug-likeness (QED) is 0.833. The van der Waals surface area contributed by atoms with Gasteiger partial charge in [-0.3, -0.25) is 0 Å². The maximum Gasteiger partial charge on any atom is 0.213 e. The molecule has 1 aliphatic rings. The lowest BCUT2D eigenvalue weighted by atomic mass is 9.89. The van der Waals surface area contributed by atoms with Gasteiger partial charge in [0.1, 0.15) is 0 Å². The van der Waals surface area contributed by atoms with E-state index in [9.17, 15) is 8.42 Å². The second-order valence-corrected chi connectivity index (χ2v) is 6.78. The van der Waals surface area contributed by atoms with Gasteiger partial charge in [-0.25, -0.2) is 13.6 Å². The molecule has 6 heteroatoms. The zero-order valence-corrected chi connectivity index (χ0v) is 11.2. The van der Waals surface area contributed by atoms with Gasteiger partial charge in [0.25, 0.3) is 0 Å². The molecule has 1 heterocycles. The van der Waals surface area contributed by atoms with Crippen molar-refractivity contribution in [3.05, 3.63) is 29.8 Å². The number of nitrogens with two attached hydrogens (primary N) is 1. The first-order chi connectivity index (χ1) is 8.36. The number of anilines is 1. The Hall–Kier alpha value is -1.11. The number of hydrogen-bond donors (Lipinski definition) is 2. The highest BCUT2D eigenvalue weighted by atomic mass is 32.2. The molecule has 0 atom stereocenters. The Balaban J connectivity index is 1.91. The molecule has 0 radical (unpaired) electrons. The van der Waals surface area contributed by atoms with Crippen molar-refractivity contribution in [2.75, 3.05) is 25.1 Å². The van der Waals surface area contributed by atoms with E-state index in [-0.39, 0.29) is 11.2 Å². The fourth-order valence-electron chi connectivity index (χ4n) is 1.82. The second kappa shape index (κ2) is 4.87. The standard InChI is InChI=1S/C12H18N2O3S/c1-12(8-17-9-12)7-14-11-4-2-10(3-5-11)6-18(13,15)16/h2-5,14H,6-9H2,1H3,(H2,13,15,16). The minimum atomic E-state index is -3.46. The Morgan fingerprint density at radius 1 is 1.33 bits per heavy atom. The summed E-state index contributed by atoms with van der Waals surface area (Å²) < 4.78 is 27.1. The monoisotopic (exact) mass is 270 g/mol. The highest BCUT2D eigenvalue weighted by Gasteiger charge is 2.32. The van der Waals surface area contributed by atoms with Crippen LogP contribution in [0.5, 0.6) is 0 Å². The average Bonchev–Trinajstić information content (AvgIpc) is 2.23. The Morgan fingerprint density at radius 3 is 2.39 bits per heavy atom. The normalized spacial score (nSPS) is 18.1. The van der Waals surface area contributed by atoms with Crippen LogP contribution >= 0.6 is 0 Å². The molecule has 0 aromatic heterocycles. The molecule has 1 aliphatic heterocycles. The van der Waals surface area contributed by atoms with Crippen LogP contribution in [-0.2, 0) is 20.5 Å². The van der Waals surface area contributed by atoms with E-state index < -0.39 is 10.0 Å². The van der Waals surface area contributed by atoms with Gasteiger partial charge in [0.2, 0.25) is 10.0 Å². The van der Waals surface area contributed by atoms with Crippen LogP contribution in [0.4, 0.5) is 5.69 Å². The molecule has 0 saturated carbocycles. The van der Waals surface area contributed by atoms with Crippen molar-refractivity contribution in [1.82, 2.24) is 0 Å². The SMILES string of the molecule is CC1(CNc2ccc(CS(N)(=O)=O)cc2)COC1. The maximum absolute atomic E-state index is 10.9. The first kappa shape index (κ1) is 13.3. The lowest BCUT2D eigenvalue weighted by molar-refractivity contribution is -0.0924. The van der Waals surface area contributed by atoms with Gasteiger partial charge in [-0.2, -0.15) is 0 Å². The number of benzene rings is 1. The van der Waals surface area contributed by atoms with E-state index >= 15 is 0 Å². The predicted octanol–water partition coefficient (Wildman–Crippen LogP) is 0.923. The summed E-state index contributed by atoms with van der Waals surface area (Å²) >= 11 is 0. The summed E-state index contributed by atoms with van der Waals surface area (Å²) in [6.45, 7) is 4.58. The van der Waals surface area contributed by atoms with E-state index in [1.54, 1.807) is 12.1 Å². The number of sulfonamides is 1.